The lowest BCUT2D eigenvalue weighted by molar-refractivity contribution is 0.616. The summed E-state index contributed by atoms with van der Waals surface area (Å²) in [5.74, 6) is 1.64. The van der Waals surface area contributed by atoms with Crippen molar-refractivity contribution in [3.63, 3.8) is 0 Å². The molecular weight excluding hydrogens is 197 g/mol. The highest BCUT2D eigenvalue weighted by molar-refractivity contribution is 9.10. The predicted molar refractivity (Wildman–Crippen MR) is 39.8 cm³/mol. The van der Waals surface area contributed by atoms with Gasteiger partial charge in [-0.1, -0.05) is 0 Å². The number of aromatic nitrogens is 1. The molecule has 0 aliphatic rings. The molecule has 1 aromatic rings. The third-order valence-electron chi connectivity index (χ3n) is 0.945. The molecule has 0 radical (unpaired) electrons. The van der Waals surface area contributed by atoms with E-state index in [1.807, 2.05) is 0 Å². The lowest BCUT2D eigenvalue weighted by Crippen LogP contribution is -1.87. The molecule has 10 heavy (non-hydrogen) atoms. The van der Waals surface area contributed by atoms with Crippen LogP contribution < -0.4 is 0 Å². The first-order valence-electron chi connectivity index (χ1n) is 2.51. The van der Waals surface area contributed by atoms with Gasteiger partial charge in [0.2, 0.25) is 0 Å². The van der Waals surface area contributed by atoms with E-state index >= 15 is 0 Å². The molecule has 1 aromatic heterocycles. The van der Waals surface area contributed by atoms with Gasteiger partial charge in [0.25, 0.3) is 0 Å². The molecule has 0 saturated carbocycles. The van der Waals surface area contributed by atoms with Crippen molar-refractivity contribution in [1.82, 2.24) is 4.98 Å². The summed E-state index contributed by atoms with van der Waals surface area (Å²) in [7, 11) is 0. The number of nitrogens with zero attached hydrogens (tertiary/aromatic N) is 1. The van der Waals surface area contributed by atoms with Gasteiger partial charge in [-0.3, -0.25) is 0 Å². The molecule has 0 bridgehead atoms. The van der Waals surface area contributed by atoms with Crippen molar-refractivity contribution in [1.29, 1.82) is 0 Å². The Morgan fingerprint density at radius 3 is 2.90 bits per heavy atom. The normalized spacial score (nSPS) is 8.90. The van der Waals surface area contributed by atoms with Crippen molar-refractivity contribution in [3.8, 4) is 12.3 Å². The largest absolute Gasteiger partial charge is 0.243 e. The molecule has 0 aliphatic carbocycles. The van der Waals surface area contributed by atoms with Gasteiger partial charge in [-0.2, -0.15) is 0 Å². The number of rotatable bonds is 0. The highest BCUT2D eigenvalue weighted by Crippen LogP contribution is 2.10. The summed E-state index contributed by atoms with van der Waals surface area (Å²) in [6, 6.07) is 1.28. The fourth-order valence-corrected chi connectivity index (χ4v) is 0.824. The predicted octanol–water partition coefficient (Wildman–Crippen LogP) is 1.96. The molecule has 1 nitrogen and oxygen atoms in total. The maximum Gasteiger partial charge on any atom is 0.158 e. The first kappa shape index (κ1) is 7.23. The topological polar surface area (TPSA) is 12.9 Å². The van der Waals surface area contributed by atoms with Crippen LogP contribution in [-0.4, -0.2) is 4.98 Å². The standard InChI is InChI=1S/C7H3BrFN/c1-2-7-6(9)3-5(8)4-10-7/h1,3-4H. The molecule has 0 amide bonds. The van der Waals surface area contributed by atoms with E-state index < -0.39 is 5.82 Å². The smallest absolute Gasteiger partial charge is 0.158 e. The molecule has 1 heterocycles. The van der Waals surface area contributed by atoms with Gasteiger partial charge in [-0.05, 0) is 27.9 Å². The highest BCUT2D eigenvalue weighted by atomic mass is 79.9. The van der Waals surface area contributed by atoms with E-state index in [0.717, 1.165) is 0 Å². The molecule has 0 aliphatic heterocycles. The van der Waals surface area contributed by atoms with E-state index in [2.05, 4.69) is 26.8 Å². The summed E-state index contributed by atoms with van der Waals surface area (Å²) in [6.45, 7) is 0. The van der Waals surface area contributed by atoms with Gasteiger partial charge >= 0.3 is 0 Å². The molecule has 0 fully saturated rings. The average Bonchev–Trinajstić information content (AvgIpc) is 1.88. The first-order valence-corrected chi connectivity index (χ1v) is 3.31. The van der Waals surface area contributed by atoms with E-state index in [9.17, 15) is 4.39 Å². The van der Waals surface area contributed by atoms with Gasteiger partial charge in [0, 0.05) is 10.7 Å². The highest BCUT2D eigenvalue weighted by Gasteiger charge is 1.98. The fraction of sp³-hybridized carbons (Fsp3) is 0. The third kappa shape index (κ3) is 1.34. The van der Waals surface area contributed by atoms with Gasteiger partial charge in [0.15, 0.2) is 5.82 Å². The van der Waals surface area contributed by atoms with Crippen molar-refractivity contribution >= 4 is 15.9 Å². The quantitative estimate of drug-likeness (QED) is 0.583. The Balaban J connectivity index is 3.23. The minimum absolute atomic E-state index is 0.0446. The second-order valence-corrected chi connectivity index (χ2v) is 2.54. The van der Waals surface area contributed by atoms with Crippen molar-refractivity contribution < 1.29 is 4.39 Å². The number of terminal acetylenes is 1. The Labute approximate surface area is 66.4 Å². The van der Waals surface area contributed by atoms with Gasteiger partial charge in [0.05, 0.1) is 0 Å². The second kappa shape index (κ2) is 2.80. The van der Waals surface area contributed by atoms with Crippen molar-refractivity contribution in [2.24, 2.45) is 0 Å². The first-order chi connectivity index (χ1) is 4.74. The molecule has 0 spiro atoms. The summed E-state index contributed by atoms with van der Waals surface area (Å²) in [6.07, 6.45) is 6.39. The Kier molecular flexibility index (Phi) is 2.03. The van der Waals surface area contributed by atoms with E-state index in [1.54, 1.807) is 0 Å². The van der Waals surface area contributed by atoms with Crippen LogP contribution in [0.25, 0.3) is 0 Å². The Morgan fingerprint density at radius 2 is 2.40 bits per heavy atom. The van der Waals surface area contributed by atoms with Crippen molar-refractivity contribution in [2.45, 2.75) is 0 Å². The molecule has 0 N–H and O–H groups in total. The Morgan fingerprint density at radius 1 is 1.70 bits per heavy atom. The molecule has 0 aromatic carbocycles. The van der Waals surface area contributed by atoms with Crippen LogP contribution in [-0.2, 0) is 0 Å². The molecular formula is C7H3BrFN. The van der Waals surface area contributed by atoms with Crippen LogP contribution in [0.2, 0.25) is 0 Å². The maximum atomic E-state index is 12.6. The van der Waals surface area contributed by atoms with E-state index in [0.29, 0.717) is 4.47 Å². The van der Waals surface area contributed by atoms with Crippen LogP contribution in [0, 0.1) is 18.2 Å². The van der Waals surface area contributed by atoms with Crippen LogP contribution >= 0.6 is 15.9 Å². The van der Waals surface area contributed by atoms with Gasteiger partial charge in [0.1, 0.15) is 5.69 Å². The zero-order valence-corrected chi connectivity index (χ0v) is 6.52. The minimum atomic E-state index is -0.475. The lowest BCUT2D eigenvalue weighted by Gasteiger charge is -1.92. The SMILES string of the molecule is C#Cc1ncc(Br)cc1F. The number of halogens is 2. The number of pyridine rings is 1. The monoisotopic (exact) mass is 199 g/mol. The zero-order chi connectivity index (χ0) is 7.56. The molecule has 3 heteroatoms. The van der Waals surface area contributed by atoms with Gasteiger partial charge < -0.3 is 0 Å². The van der Waals surface area contributed by atoms with Crippen LogP contribution in [0.3, 0.4) is 0 Å². The van der Waals surface area contributed by atoms with Crippen molar-refractivity contribution in [3.05, 3.63) is 28.2 Å². The fourth-order valence-electron chi connectivity index (χ4n) is 0.521. The summed E-state index contributed by atoms with van der Waals surface area (Å²) in [4.78, 5) is 3.64. The third-order valence-corrected chi connectivity index (χ3v) is 1.38. The molecule has 50 valence electrons. The Bertz CT molecular complexity index is 290. The Hall–Kier alpha value is -0.880. The van der Waals surface area contributed by atoms with E-state index in [4.69, 9.17) is 6.42 Å². The van der Waals surface area contributed by atoms with Gasteiger partial charge in [-0.15, -0.1) is 6.42 Å². The maximum absolute atomic E-state index is 12.6. The second-order valence-electron chi connectivity index (χ2n) is 1.63. The molecule has 0 unspecified atom stereocenters. The van der Waals surface area contributed by atoms with E-state index in [1.165, 1.54) is 12.3 Å². The summed E-state index contributed by atoms with van der Waals surface area (Å²) in [5, 5.41) is 0. The summed E-state index contributed by atoms with van der Waals surface area (Å²) >= 11 is 3.05. The minimum Gasteiger partial charge on any atom is -0.243 e. The van der Waals surface area contributed by atoms with Gasteiger partial charge in [-0.25, -0.2) is 9.37 Å². The molecule has 0 atom stereocenters. The van der Waals surface area contributed by atoms with Crippen LogP contribution in [0.4, 0.5) is 4.39 Å². The average molecular weight is 200 g/mol. The van der Waals surface area contributed by atoms with Crippen LogP contribution in [0.15, 0.2) is 16.7 Å². The van der Waals surface area contributed by atoms with Crippen molar-refractivity contribution in [2.75, 3.05) is 0 Å². The number of hydrogen-bond acceptors (Lipinski definition) is 1. The zero-order valence-electron chi connectivity index (χ0n) is 4.94. The van der Waals surface area contributed by atoms with E-state index in [-0.39, 0.29) is 5.69 Å². The summed E-state index contributed by atoms with van der Waals surface area (Å²) in [5.41, 5.74) is 0.0446. The lowest BCUT2D eigenvalue weighted by atomic mass is 10.3. The number of hydrogen-bond donors (Lipinski definition) is 0. The molecule has 1 rings (SSSR count). The molecule has 0 saturated heterocycles. The summed E-state index contributed by atoms with van der Waals surface area (Å²) < 4.78 is 13.2. The van der Waals surface area contributed by atoms with Crippen LogP contribution in [0.1, 0.15) is 5.69 Å². The van der Waals surface area contributed by atoms with Crippen LogP contribution in [0.5, 0.6) is 0 Å².